The average Bonchev–Trinajstić information content (AvgIpc) is 2.55. The molecule has 4 nitrogen and oxygen atoms in total. The number of anilines is 1. The molecule has 1 aromatic carbocycles. The number of pyridine rings is 1. The first kappa shape index (κ1) is 15.3. The van der Waals surface area contributed by atoms with Crippen LogP contribution in [0.2, 0.25) is 0 Å². The van der Waals surface area contributed by atoms with E-state index in [1.807, 2.05) is 0 Å². The number of nitrogens with zero attached hydrogens (tertiary/aromatic N) is 2. The molecule has 0 saturated carbocycles. The molecule has 2 aromatic rings. The number of piperidine rings is 1. The normalized spacial score (nSPS) is 16.4. The number of fused-ring (bicyclic) bond motifs is 1. The SMILES string of the molecule is COCCOC1CCN(c2cc(C)nc3ccccc23)CC1. The van der Waals surface area contributed by atoms with Gasteiger partial charge in [0.05, 0.1) is 24.8 Å². The fraction of sp³-hybridized carbons (Fsp3) is 0.500. The predicted molar refractivity (Wildman–Crippen MR) is 89.5 cm³/mol. The standard InChI is InChI=1S/C18H24N2O2/c1-14-13-18(16-5-3-4-6-17(16)19-14)20-9-7-15(8-10-20)22-12-11-21-2/h3-6,13,15H,7-12H2,1-2H3. The predicted octanol–water partition coefficient (Wildman–Crippen LogP) is 3.18. The van der Waals surface area contributed by atoms with Gasteiger partial charge >= 0.3 is 0 Å². The van der Waals surface area contributed by atoms with Crippen LogP contribution in [0, 0.1) is 6.92 Å². The van der Waals surface area contributed by atoms with Crippen LogP contribution in [-0.4, -0.2) is 44.5 Å². The van der Waals surface area contributed by atoms with E-state index in [-0.39, 0.29) is 0 Å². The van der Waals surface area contributed by atoms with Crippen molar-refractivity contribution < 1.29 is 9.47 Å². The Kier molecular flexibility index (Phi) is 4.90. The Labute approximate surface area is 132 Å². The van der Waals surface area contributed by atoms with Crippen LogP contribution in [0.1, 0.15) is 18.5 Å². The number of aromatic nitrogens is 1. The van der Waals surface area contributed by atoms with E-state index in [1.165, 1.54) is 11.1 Å². The summed E-state index contributed by atoms with van der Waals surface area (Å²) in [5.74, 6) is 0. The Hall–Kier alpha value is -1.65. The lowest BCUT2D eigenvalue weighted by molar-refractivity contribution is 0.00612. The first-order valence-electron chi connectivity index (χ1n) is 8.00. The molecule has 0 spiro atoms. The van der Waals surface area contributed by atoms with Crippen LogP contribution in [0.25, 0.3) is 10.9 Å². The summed E-state index contributed by atoms with van der Waals surface area (Å²) in [6, 6.07) is 10.6. The fourth-order valence-corrected chi connectivity index (χ4v) is 3.11. The second kappa shape index (κ2) is 7.07. The third-order valence-corrected chi connectivity index (χ3v) is 4.25. The molecule has 1 aliphatic heterocycles. The molecule has 1 saturated heterocycles. The third-order valence-electron chi connectivity index (χ3n) is 4.25. The zero-order valence-electron chi connectivity index (χ0n) is 13.4. The van der Waals surface area contributed by atoms with Gasteiger partial charge in [-0.15, -0.1) is 0 Å². The molecule has 1 aliphatic rings. The highest BCUT2D eigenvalue weighted by Crippen LogP contribution is 2.29. The topological polar surface area (TPSA) is 34.6 Å². The Bertz CT molecular complexity index is 622. The smallest absolute Gasteiger partial charge is 0.0726 e. The van der Waals surface area contributed by atoms with Crippen LogP contribution in [0.15, 0.2) is 30.3 Å². The molecule has 0 bridgehead atoms. The molecule has 0 radical (unpaired) electrons. The van der Waals surface area contributed by atoms with Gasteiger partial charge in [0.1, 0.15) is 0 Å². The summed E-state index contributed by atoms with van der Waals surface area (Å²) >= 11 is 0. The van der Waals surface area contributed by atoms with Gasteiger partial charge in [-0.05, 0) is 31.9 Å². The quantitative estimate of drug-likeness (QED) is 0.794. The van der Waals surface area contributed by atoms with E-state index in [0.717, 1.165) is 37.1 Å². The van der Waals surface area contributed by atoms with Gasteiger partial charge < -0.3 is 14.4 Å². The van der Waals surface area contributed by atoms with Crippen LogP contribution < -0.4 is 4.90 Å². The molecule has 0 N–H and O–H groups in total. The highest BCUT2D eigenvalue weighted by Gasteiger charge is 2.21. The minimum Gasteiger partial charge on any atom is -0.382 e. The van der Waals surface area contributed by atoms with Crippen LogP contribution in [0.5, 0.6) is 0 Å². The summed E-state index contributed by atoms with van der Waals surface area (Å²) in [4.78, 5) is 7.10. The van der Waals surface area contributed by atoms with Gasteiger partial charge in [0.25, 0.3) is 0 Å². The summed E-state index contributed by atoms with van der Waals surface area (Å²) in [5, 5.41) is 1.24. The zero-order valence-corrected chi connectivity index (χ0v) is 13.4. The van der Waals surface area contributed by atoms with E-state index < -0.39 is 0 Å². The van der Waals surface area contributed by atoms with Gasteiger partial charge in [-0.1, -0.05) is 18.2 Å². The van der Waals surface area contributed by atoms with Crippen LogP contribution in [0.4, 0.5) is 5.69 Å². The van der Waals surface area contributed by atoms with Gasteiger partial charge in [-0.3, -0.25) is 4.98 Å². The zero-order chi connectivity index (χ0) is 15.4. The van der Waals surface area contributed by atoms with Crippen LogP contribution >= 0.6 is 0 Å². The molecule has 3 rings (SSSR count). The number of benzene rings is 1. The maximum Gasteiger partial charge on any atom is 0.0726 e. The van der Waals surface area contributed by atoms with Crippen LogP contribution in [0.3, 0.4) is 0 Å². The monoisotopic (exact) mass is 300 g/mol. The Morgan fingerprint density at radius 2 is 1.95 bits per heavy atom. The van der Waals surface area contributed by atoms with E-state index in [9.17, 15) is 0 Å². The first-order valence-corrected chi connectivity index (χ1v) is 8.00. The van der Waals surface area contributed by atoms with Crippen molar-refractivity contribution in [2.45, 2.75) is 25.9 Å². The summed E-state index contributed by atoms with van der Waals surface area (Å²) in [6.45, 7) is 5.50. The highest BCUT2D eigenvalue weighted by molar-refractivity contribution is 5.92. The number of hydrogen-bond acceptors (Lipinski definition) is 4. The molecule has 118 valence electrons. The number of ether oxygens (including phenoxy) is 2. The van der Waals surface area contributed by atoms with Gasteiger partial charge in [-0.2, -0.15) is 0 Å². The van der Waals surface area contributed by atoms with E-state index >= 15 is 0 Å². The molecule has 0 atom stereocenters. The summed E-state index contributed by atoms with van der Waals surface area (Å²) < 4.78 is 10.9. The average molecular weight is 300 g/mol. The molecular formula is C18H24N2O2. The third kappa shape index (κ3) is 3.39. The van der Waals surface area contributed by atoms with Crippen molar-refractivity contribution in [2.75, 3.05) is 38.3 Å². The Morgan fingerprint density at radius 1 is 1.18 bits per heavy atom. The van der Waals surface area contributed by atoms with Gasteiger partial charge in [0.15, 0.2) is 0 Å². The van der Waals surface area contributed by atoms with Crippen molar-refractivity contribution in [2.24, 2.45) is 0 Å². The van der Waals surface area contributed by atoms with Crippen molar-refractivity contribution in [3.05, 3.63) is 36.0 Å². The molecule has 0 unspecified atom stereocenters. The second-order valence-corrected chi connectivity index (χ2v) is 5.85. The lowest BCUT2D eigenvalue weighted by Crippen LogP contribution is -2.37. The van der Waals surface area contributed by atoms with Crippen molar-refractivity contribution in [3.8, 4) is 0 Å². The molecule has 2 heterocycles. The van der Waals surface area contributed by atoms with E-state index in [2.05, 4.69) is 47.1 Å². The first-order chi connectivity index (χ1) is 10.8. The number of aryl methyl sites for hydroxylation is 1. The minimum absolute atomic E-state index is 0.362. The summed E-state index contributed by atoms with van der Waals surface area (Å²) in [5.41, 5.74) is 3.46. The lowest BCUT2D eigenvalue weighted by Gasteiger charge is -2.34. The van der Waals surface area contributed by atoms with Crippen molar-refractivity contribution in [3.63, 3.8) is 0 Å². The van der Waals surface area contributed by atoms with Gasteiger partial charge in [-0.25, -0.2) is 0 Å². The summed E-state index contributed by atoms with van der Waals surface area (Å²) in [7, 11) is 1.71. The van der Waals surface area contributed by atoms with E-state index in [1.54, 1.807) is 7.11 Å². The molecule has 1 fully saturated rings. The second-order valence-electron chi connectivity index (χ2n) is 5.85. The van der Waals surface area contributed by atoms with E-state index in [0.29, 0.717) is 19.3 Å². The number of hydrogen-bond donors (Lipinski definition) is 0. The largest absolute Gasteiger partial charge is 0.382 e. The highest BCUT2D eigenvalue weighted by atomic mass is 16.5. The van der Waals surface area contributed by atoms with Gasteiger partial charge in [0, 0.05) is 37.0 Å². The number of rotatable bonds is 5. The fourth-order valence-electron chi connectivity index (χ4n) is 3.11. The molecule has 4 heteroatoms. The number of methoxy groups -OCH3 is 1. The van der Waals surface area contributed by atoms with E-state index in [4.69, 9.17) is 9.47 Å². The maximum absolute atomic E-state index is 5.85. The molecule has 22 heavy (non-hydrogen) atoms. The summed E-state index contributed by atoms with van der Waals surface area (Å²) in [6.07, 6.45) is 2.50. The van der Waals surface area contributed by atoms with Crippen molar-refractivity contribution >= 4 is 16.6 Å². The molecule has 1 aromatic heterocycles. The molecular weight excluding hydrogens is 276 g/mol. The Morgan fingerprint density at radius 3 is 2.73 bits per heavy atom. The number of para-hydroxylation sites is 1. The van der Waals surface area contributed by atoms with Crippen LogP contribution in [-0.2, 0) is 9.47 Å². The van der Waals surface area contributed by atoms with Crippen molar-refractivity contribution in [1.82, 2.24) is 4.98 Å². The lowest BCUT2D eigenvalue weighted by atomic mass is 10.0. The molecule has 0 aliphatic carbocycles. The molecule has 0 amide bonds. The minimum atomic E-state index is 0.362. The maximum atomic E-state index is 5.85. The van der Waals surface area contributed by atoms with Gasteiger partial charge in [0.2, 0.25) is 0 Å². The van der Waals surface area contributed by atoms with Crippen molar-refractivity contribution in [1.29, 1.82) is 0 Å². The Balaban J connectivity index is 1.71.